The van der Waals surface area contributed by atoms with E-state index in [1.54, 1.807) is 60.7 Å². The van der Waals surface area contributed by atoms with Crippen molar-refractivity contribution in [1.29, 1.82) is 0 Å². The highest BCUT2D eigenvalue weighted by Gasteiger charge is 2.28. The molecular weight excluding hydrogens is 1070 g/mol. The van der Waals surface area contributed by atoms with Crippen LogP contribution in [-0.2, 0) is 12.8 Å². The van der Waals surface area contributed by atoms with Gasteiger partial charge in [0.25, 0.3) is 11.8 Å². The van der Waals surface area contributed by atoms with Crippen molar-refractivity contribution in [2.24, 2.45) is 20.5 Å². The Morgan fingerprint density at radius 2 is 1.09 bits per heavy atom. The summed E-state index contributed by atoms with van der Waals surface area (Å²) in [5, 5.41) is 57.6. The number of phenolic OH excluding ortho intramolecular Hbond substituents is 2. The minimum atomic E-state index is -0.516. The van der Waals surface area contributed by atoms with Crippen LogP contribution in [0.15, 0.2) is 190 Å². The van der Waals surface area contributed by atoms with Gasteiger partial charge in [-0.15, -0.1) is 15.3 Å². The van der Waals surface area contributed by atoms with Gasteiger partial charge in [-0.25, -0.2) is 0 Å². The van der Waals surface area contributed by atoms with Crippen molar-refractivity contribution in [3.05, 3.63) is 213 Å². The van der Waals surface area contributed by atoms with Gasteiger partial charge in [0.15, 0.2) is 17.3 Å². The third kappa shape index (κ3) is 8.11. The molecule has 0 radical (unpaired) electrons. The lowest BCUT2D eigenvalue weighted by Crippen LogP contribution is -2.14. The van der Waals surface area contributed by atoms with Gasteiger partial charge >= 0.3 is 0 Å². The molecule has 1 aliphatic rings. The molecule has 0 aliphatic heterocycles. The number of carbonyl (C=O) groups is 3. The number of ketones is 1. The van der Waals surface area contributed by atoms with Crippen LogP contribution in [-0.4, -0.2) is 37.8 Å². The molecule has 0 saturated heterocycles. The minimum Gasteiger partial charge on any atom is -0.505 e. The molecule has 0 bridgehead atoms. The zero-order valence-corrected chi connectivity index (χ0v) is 45.3. The standard InChI is InChI=1S/C67H44Cl2N8O5/c1-3-33-10-5-7-12-40(33)66(81)73-55-29-36-17-22-44-48-31-38(69)19-26-53(48)71-60(44)57(36)62(65(55)80)76-74-39-20-23-41-42-24-27-54(45-13-9-14-46(58(42)45)63(78)49(41)32-39)75-77-61-56-35(16-21-43-47-30-37(68)18-25-52(47)70-59(43)56)28-50(64(61)79)67(82)72-51-15-8-6-11-34(51)4-2/h5-32,70-71,79-80H,3-4H2,1-2H3,(H,72,82)(H,73,81). The Balaban J connectivity index is 0.860. The average Bonchev–Trinajstić information content (AvgIpc) is 3.21. The lowest BCUT2D eigenvalue weighted by Gasteiger charge is -2.20. The van der Waals surface area contributed by atoms with Crippen LogP contribution < -0.4 is 10.6 Å². The maximum Gasteiger partial charge on any atom is 0.259 e. The molecular formula is C67H44Cl2N8O5. The molecule has 13 aromatic rings. The van der Waals surface area contributed by atoms with Crippen LogP contribution in [0, 0.1) is 0 Å². The van der Waals surface area contributed by atoms with E-state index in [9.17, 15) is 24.6 Å². The summed E-state index contributed by atoms with van der Waals surface area (Å²) in [5.74, 6) is -1.81. The normalized spacial score (nSPS) is 12.4. The monoisotopic (exact) mass is 1110 g/mol. The highest BCUT2D eigenvalue weighted by Crippen LogP contribution is 2.49. The fourth-order valence-corrected chi connectivity index (χ4v) is 12.1. The van der Waals surface area contributed by atoms with Crippen molar-refractivity contribution in [1.82, 2.24) is 9.97 Å². The number of azo groups is 2. The second-order valence-corrected chi connectivity index (χ2v) is 21.2. The van der Waals surface area contributed by atoms with E-state index in [1.165, 1.54) is 0 Å². The molecule has 1 aliphatic carbocycles. The number of aromatic amines is 2. The van der Waals surface area contributed by atoms with Crippen LogP contribution in [0.2, 0.25) is 10.0 Å². The number of rotatable bonds is 10. The topological polar surface area (TPSA) is 197 Å². The van der Waals surface area contributed by atoms with E-state index in [2.05, 4.69) is 25.7 Å². The molecule has 0 spiro atoms. The maximum absolute atomic E-state index is 14.8. The van der Waals surface area contributed by atoms with Crippen LogP contribution in [0.4, 0.5) is 34.1 Å². The number of benzene rings is 11. The van der Waals surface area contributed by atoms with Crippen molar-refractivity contribution in [2.45, 2.75) is 26.7 Å². The van der Waals surface area contributed by atoms with Gasteiger partial charge < -0.3 is 30.8 Å². The third-order valence-electron chi connectivity index (χ3n) is 15.7. The number of aromatic hydroxyl groups is 2. The number of fused-ring (bicyclic) bond motifs is 12. The molecule has 2 amide bonds. The Hall–Kier alpha value is -10.2. The summed E-state index contributed by atoms with van der Waals surface area (Å²) in [6.45, 7) is 3.98. The van der Waals surface area contributed by atoms with E-state index >= 15 is 0 Å². The number of hydrogen-bond acceptors (Lipinski definition) is 9. The summed E-state index contributed by atoms with van der Waals surface area (Å²) in [4.78, 5) is 49.8. The molecule has 0 unspecified atom stereocenters. The zero-order valence-electron chi connectivity index (χ0n) is 43.7. The molecule has 15 heteroatoms. The van der Waals surface area contributed by atoms with Crippen LogP contribution in [0.1, 0.15) is 61.6 Å². The Kier molecular flexibility index (Phi) is 11.9. The number of aryl methyl sites for hydroxylation is 2. The summed E-state index contributed by atoms with van der Waals surface area (Å²) in [5.41, 5.74) is 9.28. The first-order valence-corrected chi connectivity index (χ1v) is 27.4. The molecule has 2 heterocycles. The fraction of sp³-hybridized carbons (Fsp3) is 0.0597. The number of halogens is 2. The predicted octanol–water partition coefficient (Wildman–Crippen LogP) is 18.8. The molecule has 82 heavy (non-hydrogen) atoms. The molecule has 396 valence electrons. The van der Waals surface area contributed by atoms with E-state index in [1.807, 2.05) is 123 Å². The number of hydrogen-bond donors (Lipinski definition) is 6. The summed E-state index contributed by atoms with van der Waals surface area (Å²) in [6.07, 6.45) is 1.33. The van der Waals surface area contributed by atoms with Crippen LogP contribution >= 0.6 is 23.2 Å². The Morgan fingerprint density at radius 3 is 1.79 bits per heavy atom. The van der Waals surface area contributed by atoms with Crippen molar-refractivity contribution >= 4 is 151 Å². The van der Waals surface area contributed by atoms with Crippen LogP contribution in [0.5, 0.6) is 11.5 Å². The van der Waals surface area contributed by atoms with Gasteiger partial charge in [-0.2, -0.15) is 5.11 Å². The number of H-pyrrole nitrogens is 2. The van der Waals surface area contributed by atoms with Crippen molar-refractivity contribution in [2.75, 3.05) is 10.6 Å². The number of nitrogens with one attached hydrogen (secondary N) is 4. The predicted molar refractivity (Wildman–Crippen MR) is 329 cm³/mol. The first-order valence-electron chi connectivity index (χ1n) is 26.6. The Labute approximate surface area is 476 Å². The SMILES string of the molecule is CCc1ccccc1NC(=O)c1cc2ccc3c4cc(Cl)ccc4[nH]c3c2c(N=Nc2ccc3c4c(cccc24)C(=O)c2cc(N=Nc4c(O)c(NC(=O)c5ccccc5CC)cc5ccc6c7cc(Cl)ccc7[nH]c6c45)ccc2-3)c1O. The summed E-state index contributed by atoms with van der Waals surface area (Å²) >= 11 is 12.9. The van der Waals surface area contributed by atoms with E-state index in [0.717, 1.165) is 49.3 Å². The van der Waals surface area contributed by atoms with Gasteiger partial charge in [-0.1, -0.05) is 128 Å². The zero-order chi connectivity index (χ0) is 56.1. The lowest BCUT2D eigenvalue weighted by atomic mass is 9.82. The van der Waals surface area contributed by atoms with E-state index in [-0.39, 0.29) is 45.8 Å². The first kappa shape index (κ1) is 50.0. The molecule has 0 atom stereocenters. The largest absolute Gasteiger partial charge is 0.505 e. The smallest absolute Gasteiger partial charge is 0.259 e. The van der Waals surface area contributed by atoms with Crippen LogP contribution in [0.25, 0.3) is 87.1 Å². The number of nitrogens with zero attached hydrogens (tertiary/aromatic N) is 4. The average molecular weight is 1110 g/mol. The van der Waals surface area contributed by atoms with Crippen LogP contribution in [0.3, 0.4) is 0 Å². The quantitative estimate of drug-likeness (QED) is 0.0584. The molecule has 0 saturated carbocycles. The second-order valence-electron chi connectivity index (χ2n) is 20.3. The molecule has 2 aromatic heterocycles. The second kappa shape index (κ2) is 19.6. The summed E-state index contributed by atoms with van der Waals surface area (Å²) in [6, 6.07) is 51.5. The van der Waals surface area contributed by atoms with Gasteiger partial charge in [-0.3, -0.25) is 14.4 Å². The van der Waals surface area contributed by atoms with Gasteiger partial charge in [-0.05, 0) is 125 Å². The van der Waals surface area contributed by atoms with E-state index in [0.29, 0.717) is 106 Å². The Morgan fingerprint density at radius 1 is 0.476 bits per heavy atom. The van der Waals surface area contributed by atoms with Crippen molar-refractivity contribution in [3.8, 4) is 22.6 Å². The van der Waals surface area contributed by atoms with Gasteiger partial charge in [0, 0.05) is 86.5 Å². The number of amides is 2. The first-order chi connectivity index (χ1) is 39.9. The molecule has 11 aromatic carbocycles. The number of para-hydroxylation sites is 1. The van der Waals surface area contributed by atoms with Gasteiger partial charge in [0.2, 0.25) is 0 Å². The van der Waals surface area contributed by atoms with Crippen molar-refractivity contribution in [3.63, 3.8) is 0 Å². The number of aromatic nitrogens is 2. The molecule has 0 fully saturated rings. The number of carbonyl (C=O) groups excluding carboxylic acids is 3. The number of phenols is 2. The Bertz CT molecular complexity index is 5040. The molecule has 13 nitrogen and oxygen atoms in total. The van der Waals surface area contributed by atoms with E-state index in [4.69, 9.17) is 38.5 Å². The van der Waals surface area contributed by atoms with Gasteiger partial charge in [0.1, 0.15) is 11.4 Å². The maximum atomic E-state index is 14.8. The minimum absolute atomic E-state index is 0.0116. The molecule has 14 rings (SSSR count). The number of anilines is 2. The van der Waals surface area contributed by atoms with E-state index < -0.39 is 5.91 Å². The molecule has 6 N–H and O–H groups in total. The lowest BCUT2D eigenvalue weighted by molar-refractivity contribution is 0.101. The highest BCUT2D eigenvalue weighted by atomic mass is 35.5. The fourth-order valence-electron chi connectivity index (χ4n) is 11.7. The highest BCUT2D eigenvalue weighted by molar-refractivity contribution is 6.33. The van der Waals surface area contributed by atoms with Crippen molar-refractivity contribution < 1.29 is 24.6 Å². The third-order valence-corrected chi connectivity index (χ3v) is 16.1. The summed E-state index contributed by atoms with van der Waals surface area (Å²) in [7, 11) is 0. The summed E-state index contributed by atoms with van der Waals surface area (Å²) < 4.78 is 0. The van der Waals surface area contributed by atoms with Gasteiger partial charge in [0.05, 0.1) is 33.7 Å².